The number of hydrogen-bond acceptors (Lipinski definition) is 5. The Bertz CT molecular complexity index is 1410. The summed E-state index contributed by atoms with van der Waals surface area (Å²) >= 11 is 1.66. The van der Waals surface area contributed by atoms with E-state index >= 15 is 0 Å². The number of nitrogens with zero attached hydrogens (tertiary/aromatic N) is 3. The molecule has 1 N–H and O–H groups in total. The summed E-state index contributed by atoms with van der Waals surface area (Å²) < 4.78 is 5.35. The summed E-state index contributed by atoms with van der Waals surface area (Å²) in [6, 6.07) is 13.9. The Labute approximate surface area is 202 Å². The predicted molar refractivity (Wildman–Crippen MR) is 134 cm³/mol. The lowest BCUT2D eigenvalue weighted by Crippen LogP contribution is -2.31. The SMILES string of the molecule is C=C1CC(c2nc3ccc(OC)cc3[nH]2)N(C(=O)c2nc(C3CC3)sc2-c2ccc(C)cc2)C1. The van der Waals surface area contributed by atoms with Crippen LogP contribution in [0.2, 0.25) is 0 Å². The fourth-order valence-corrected chi connectivity index (χ4v) is 5.81. The number of hydrogen-bond donors (Lipinski definition) is 1. The number of aryl methyl sites for hydroxylation is 1. The van der Waals surface area contributed by atoms with Crippen molar-refractivity contribution in [3.05, 3.63) is 76.7 Å². The molecule has 34 heavy (non-hydrogen) atoms. The van der Waals surface area contributed by atoms with Gasteiger partial charge in [0.2, 0.25) is 0 Å². The van der Waals surface area contributed by atoms with Crippen molar-refractivity contribution in [1.29, 1.82) is 0 Å². The van der Waals surface area contributed by atoms with E-state index in [1.165, 1.54) is 5.56 Å². The molecule has 7 heteroatoms. The van der Waals surface area contributed by atoms with Crippen LogP contribution in [-0.4, -0.2) is 39.4 Å². The number of rotatable bonds is 5. The van der Waals surface area contributed by atoms with Crippen molar-refractivity contribution in [2.45, 2.75) is 38.1 Å². The topological polar surface area (TPSA) is 71.1 Å². The molecule has 172 valence electrons. The van der Waals surface area contributed by atoms with Crippen LogP contribution in [0, 0.1) is 6.92 Å². The van der Waals surface area contributed by atoms with Crippen LogP contribution >= 0.6 is 11.3 Å². The number of ether oxygens (including phenoxy) is 1. The molecular weight excluding hydrogens is 444 g/mol. The van der Waals surface area contributed by atoms with E-state index in [0.29, 0.717) is 24.6 Å². The number of imidazole rings is 1. The zero-order valence-corrected chi connectivity index (χ0v) is 20.1. The molecule has 1 aliphatic carbocycles. The maximum absolute atomic E-state index is 14.0. The van der Waals surface area contributed by atoms with Crippen LogP contribution in [0.25, 0.3) is 21.5 Å². The van der Waals surface area contributed by atoms with Crippen LogP contribution in [0.3, 0.4) is 0 Å². The highest BCUT2D eigenvalue weighted by molar-refractivity contribution is 7.15. The van der Waals surface area contributed by atoms with Gasteiger partial charge in [0, 0.05) is 18.5 Å². The van der Waals surface area contributed by atoms with E-state index in [0.717, 1.165) is 56.5 Å². The van der Waals surface area contributed by atoms with Crippen molar-refractivity contribution >= 4 is 28.3 Å². The summed E-state index contributed by atoms with van der Waals surface area (Å²) in [6.45, 7) is 6.78. The zero-order chi connectivity index (χ0) is 23.4. The normalized spacial score (nSPS) is 18.1. The molecule has 0 bridgehead atoms. The second-order valence-corrected chi connectivity index (χ2v) is 10.3. The van der Waals surface area contributed by atoms with E-state index in [1.54, 1.807) is 18.4 Å². The van der Waals surface area contributed by atoms with Crippen molar-refractivity contribution in [3.8, 4) is 16.2 Å². The van der Waals surface area contributed by atoms with E-state index in [9.17, 15) is 4.79 Å². The van der Waals surface area contributed by atoms with Gasteiger partial charge in [0.25, 0.3) is 5.91 Å². The van der Waals surface area contributed by atoms with Crippen LogP contribution in [-0.2, 0) is 0 Å². The molecule has 1 aliphatic heterocycles. The van der Waals surface area contributed by atoms with Crippen molar-refractivity contribution in [2.75, 3.05) is 13.7 Å². The minimum atomic E-state index is -0.199. The summed E-state index contributed by atoms with van der Waals surface area (Å²) in [4.78, 5) is 29.9. The van der Waals surface area contributed by atoms with Gasteiger partial charge in [-0.1, -0.05) is 42.0 Å². The maximum Gasteiger partial charge on any atom is 0.274 e. The van der Waals surface area contributed by atoms with Gasteiger partial charge in [-0.2, -0.15) is 0 Å². The number of thiazole rings is 1. The van der Waals surface area contributed by atoms with Crippen molar-refractivity contribution in [2.24, 2.45) is 0 Å². The quantitative estimate of drug-likeness (QED) is 0.362. The first-order valence-electron chi connectivity index (χ1n) is 11.6. The standard InChI is InChI=1S/C27H26N4O2S/c1-15-4-6-17(7-5-15)24-23(30-26(34-24)18-8-9-18)27(32)31-14-16(2)12-22(31)25-28-20-11-10-19(33-3)13-21(20)29-25/h4-7,10-11,13,18,22H,2,8-9,12,14H2,1,3H3,(H,28,29). The van der Waals surface area contributed by atoms with Crippen LogP contribution in [0.5, 0.6) is 5.75 Å². The molecule has 2 aromatic heterocycles. The first kappa shape index (κ1) is 21.1. The van der Waals surface area contributed by atoms with Gasteiger partial charge in [-0.05, 0) is 43.9 Å². The first-order chi connectivity index (χ1) is 16.5. The van der Waals surface area contributed by atoms with Gasteiger partial charge in [0.15, 0.2) is 0 Å². The second-order valence-electron chi connectivity index (χ2n) is 9.28. The number of methoxy groups -OCH3 is 1. The third kappa shape index (κ3) is 3.70. The highest BCUT2D eigenvalue weighted by Gasteiger charge is 2.38. The van der Waals surface area contributed by atoms with Crippen LogP contribution in [0.1, 0.15) is 58.1 Å². The Morgan fingerprint density at radius 3 is 2.71 bits per heavy atom. The lowest BCUT2D eigenvalue weighted by molar-refractivity contribution is 0.0728. The van der Waals surface area contributed by atoms with E-state index in [2.05, 4.69) is 42.8 Å². The largest absolute Gasteiger partial charge is 0.497 e. The molecule has 0 radical (unpaired) electrons. The third-order valence-corrected chi connectivity index (χ3v) is 7.89. The van der Waals surface area contributed by atoms with Crippen LogP contribution < -0.4 is 4.74 Å². The molecule has 6 rings (SSSR count). The average Bonchev–Trinajstić information content (AvgIpc) is 3.27. The summed E-state index contributed by atoms with van der Waals surface area (Å²) in [5, 5.41) is 1.07. The molecule has 1 saturated carbocycles. The minimum Gasteiger partial charge on any atom is -0.497 e. The molecule has 1 atom stereocenters. The van der Waals surface area contributed by atoms with Gasteiger partial charge < -0.3 is 14.6 Å². The smallest absolute Gasteiger partial charge is 0.274 e. The lowest BCUT2D eigenvalue weighted by atomic mass is 10.1. The summed E-state index contributed by atoms with van der Waals surface area (Å²) in [5.41, 5.74) is 5.55. The molecule has 4 aromatic rings. The fourth-order valence-electron chi connectivity index (χ4n) is 4.57. The van der Waals surface area contributed by atoms with Gasteiger partial charge in [-0.15, -0.1) is 11.3 Å². The molecular formula is C27H26N4O2S. The number of nitrogens with one attached hydrogen (secondary N) is 1. The fraction of sp³-hybridized carbons (Fsp3) is 0.296. The van der Waals surface area contributed by atoms with Crippen LogP contribution in [0.15, 0.2) is 54.6 Å². The molecule has 1 unspecified atom stereocenters. The van der Waals surface area contributed by atoms with E-state index in [-0.39, 0.29) is 11.9 Å². The van der Waals surface area contributed by atoms with Gasteiger partial charge in [0.1, 0.15) is 17.3 Å². The number of H-pyrrole nitrogens is 1. The van der Waals surface area contributed by atoms with Crippen molar-refractivity contribution in [1.82, 2.24) is 19.9 Å². The molecule has 1 saturated heterocycles. The number of benzene rings is 2. The Hall–Kier alpha value is -3.45. The Morgan fingerprint density at radius 1 is 1.18 bits per heavy atom. The number of amides is 1. The van der Waals surface area contributed by atoms with Gasteiger partial charge in [-0.3, -0.25) is 4.79 Å². The third-order valence-electron chi connectivity index (χ3n) is 6.62. The summed E-state index contributed by atoms with van der Waals surface area (Å²) in [7, 11) is 1.65. The Kier molecular flexibility index (Phi) is 5.03. The second kappa shape index (κ2) is 8.09. The number of aromatic amines is 1. The average molecular weight is 471 g/mol. The number of carbonyl (C=O) groups is 1. The molecule has 0 spiro atoms. The predicted octanol–water partition coefficient (Wildman–Crippen LogP) is 6.02. The van der Waals surface area contributed by atoms with Gasteiger partial charge >= 0.3 is 0 Å². The maximum atomic E-state index is 14.0. The molecule has 2 aliphatic rings. The van der Waals surface area contributed by atoms with Crippen molar-refractivity contribution < 1.29 is 9.53 Å². The summed E-state index contributed by atoms with van der Waals surface area (Å²) in [5.74, 6) is 1.97. The molecule has 2 fully saturated rings. The van der Waals surface area contributed by atoms with Crippen LogP contribution in [0.4, 0.5) is 0 Å². The van der Waals surface area contributed by atoms with E-state index in [4.69, 9.17) is 14.7 Å². The van der Waals surface area contributed by atoms with Gasteiger partial charge in [0.05, 0.1) is 34.1 Å². The Balaban J connectivity index is 1.38. The zero-order valence-electron chi connectivity index (χ0n) is 19.3. The molecule has 6 nitrogen and oxygen atoms in total. The molecule has 1 amide bonds. The van der Waals surface area contributed by atoms with Gasteiger partial charge in [-0.25, -0.2) is 9.97 Å². The Morgan fingerprint density at radius 2 is 1.97 bits per heavy atom. The number of aromatic nitrogens is 3. The minimum absolute atomic E-state index is 0.0552. The van der Waals surface area contributed by atoms with E-state index in [1.807, 2.05) is 23.1 Å². The van der Waals surface area contributed by atoms with Crippen molar-refractivity contribution in [3.63, 3.8) is 0 Å². The molecule has 2 aromatic carbocycles. The monoisotopic (exact) mass is 470 g/mol. The highest BCUT2D eigenvalue weighted by Crippen LogP contribution is 2.46. The number of likely N-dealkylation sites (tertiary alicyclic amines) is 1. The highest BCUT2D eigenvalue weighted by atomic mass is 32.1. The van der Waals surface area contributed by atoms with E-state index < -0.39 is 0 Å². The first-order valence-corrected chi connectivity index (χ1v) is 12.4. The summed E-state index contributed by atoms with van der Waals surface area (Å²) in [6.07, 6.45) is 2.99. The number of carbonyl (C=O) groups excluding carboxylic acids is 1. The molecule has 3 heterocycles. The number of fused-ring (bicyclic) bond motifs is 1. The lowest BCUT2D eigenvalue weighted by Gasteiger charge is -2.22.